The predicted molar refractivity (Wildman–Crippen MR) is 80.6 cm³/mol. The average Bonchev–Trinajstić information content (AvgIpc) is 2.74. The van der Waals surface area contributed by atoms with Gasteiger partial charge in [0.2, 0.25) is 0 Å². The Labute approximate surface area is 128 Å². The van der Waals surface area contributed by atoms with Crippen molar-refractivity contribution in [1.82, 2.24) is 5.32 Å². The third-order valence-corrected chi connectivity index (χ3v) is 4.02. The van der Waals surface area contributed by atoms with Crippen LogP contribution >= 0.6 is 0 Å². The minimum Gasteiger partial charge on any atom is -0.396 e. The van der Waals surface area contributed by atoms with Gasteiger partial charge in [-0.15, -0.1) is 0 Å². The van der Waals surface area contributed by atoms with Crippen LogP contribution in [0.4, 0.5) is 10.1 Å². The standard InChI is InChI=1S/C16H21FN2O3/c17-12-6-8-13(9-7-12)18-15(21)16(22)19-14-5-3-1-2-4-11(14)10-20/h6-9,11,14,20H,1-5,10H2,(H,18,21)(H,19,22). The van der Waals surface area contributed by atoms with Crippen LogP contribution in [0.1, 0.15) is 32.1 Å². The molecule has 0 saturated heterocycles. The first-order chi connectivity index (χ1) is 10.6. The lowest BCUT2D eigenvalue weighted by Gasteiger charge is -2.24. The molecule has 1 aromatic rings. The second-order valence-corrected chi connectivity index (χ2v) is 5.62. The highest BCUT2D eigenvalue weighted by molar-refractivity contribution is 6.39. The average molecular weight is 308 g/mol. The van der Waals surface area contributed by atoms with Crippen LogP contribution in [-0.2, 0) is 9.59 Å². The Balaban J connectivity index is 1.92. The Morgan fingerprint density at radius 2 is 1.77 bits per heavy atom. The molecule has 1 saturated carbocycles. The van der Waals surface area contributed by atoms with Gasteiger partial charge in [-0.3, -0.25) is 9.59 Å². The molecule has 2 rings (SSSR count). The molecule has 120 valence electrons. The molecule has 0 aromatic heterocycles. The van der Waals surface area contributed by atoms with Crippen molar-refractivity contribution < 1.29 is 19.1 Å². The summed E-state index contributed by atoms with van der Waals surface area (Å²) in [4.78, 5) is 23.9. The lowest BCUT2D eigenvalue weighted by atomic mass is 9.95. The maximum atomic E-state index is 12.8. The highest BCUT2D eigenvalue weighted by atomic mass is 19.1. The molecule has 0 heterocycles. The number of halogens is 1. The molecule has 3 N–H and O–H groups in total. The number of benzene rings is 1. The van der Waals surface area contributed by atoms with Gasteiger partial charge in [-0.2, -0.15) is 0 Å². The Bertz CT molecular complexity index is 519. The molecule has 1 aliphatic rings. The minimum atomic E-state index is -0.785. The van der Waals surface area contributed by atoms with Gasteiger partial charge >= 0.3 is 11.8 Å². The third kappa shape index (κ3) is 4.53. The number of rotatable bonds is 3. The van der Waals surface area contributed by atoms with E-state index >= 15 is 0 Å². The van der Waals surface area contributed by atoms with Crippen molar-refractivity contribution in [3.63, 3.8) is 0 Å². The van der Waals surface area contributed by atoms with Crippen molar-refractivity contribution in [3.8, 4) is 0 Å². The van der Waals surface area contributed by atoms with Crippen LogP contribution in [0.5, 0.6) is 0 Å². The number of nitrogens with one attached hydrogen (secondary N) is 2. The molecule has 1 aromatic carbocycles. The molecule has 0 aliphatic heterocycles. The third-order valence-electron chi connectivity index (χ3n) is 4.02. The number of aliphatic hydroxyl groups is 1. The Morgan fingerprint density at radius 1 is 1.09 bits per heavy atom. The molecule has 5 nitrogen and oxygen atoms in total. The first-order valence-electron chi connectivity index (χ1n) is 7.58. The van der Waals surface area contributed by atoms with Gasteiger partial charge in [0.15, 0.2) is 0 Å². The smallest absolute Gasteiger partial charge is 0.313 e. The molecule has 22 heavy (non-hydrogen) atoms. The Morgan fingerprint density at radius 3 is 2.45 bits per heavy atom. The maximum Gasteiger partial charge on any atom is 0.313 e. The summed E-state index contributed by atoms with van der Waals surface area (Å²) in [5, 5.41) is 14.5. The predicted octanol–water partition coefficient (Wildman–Crippen LogP) is 1.82. The number of hydrogen-bond donors (Lipinski definition) is 3. The molecule has 0 bridgehead atoms. The summed E-state index contributed by atoms with van der Waals surface area (Å²) < 4.78 is 12.8. The van der Waals surface area contributed by atoms with Crippen molar-refractivity contribution >= 4 is 17.5 Å². The normalized spacial score (nSPS) is 21.7. The van der Waals surface area contributed by atoms with Crippen LogP contribution in [0, 0.1) is 11.7 Å². The number of carbonyl (C=O) groups is 2. The molecule has 2 unspecified atom stereocenters. The van der Waals surface area contributed by atoms with Crippen LogP contribution in [0.25, 0.3) is 0 Å². The summed E-state index contributed by atoms with van der Waals surface area (Å²) in [6.07, 6.45) is 4.69. The van der Waals surface area contributed by atoms with Crippen molar-refractivity contribution in [2.24, 2.45) is 5.92 Å². The van der Waals surface area contributed by atoms with Crippen LogP contribution in [0.3, 0.4) is 0 Å². The van der Waals surface area contributed by atoms with Crippen molar-refractivity contribution in [2.45, 2.75) is 38.1 Å². The van der Waals surface area contributed by atoms with Crippen LogP contribution in [-0.4, -0.2) is 29.6 Å². The van der Waals surface area contributed by atoms with E-state index in [9.17, 15) is 19.1 Å². The summed E-state index contributed by atoms with van der Waals surface area (Å²) in [6.45, 7) is 0.00449. The zero-order valence-corrected chi connectivity index (χ0v) is 12.3. The number of hydrogen-bond acceptors (Lipinski definition) is 3. The minimum absolute atomic E-state index is 0.00449. The summed E-state index contributed by atoms with van der Waals surface area (Å²) >= 11 is 0. The fraction of sp³-hybridized carbons (Fsp3) is 0.500. The van der Waals surface area contributed by atoms with Crippen LogP contribution in [0.2, 0.25) is 0 Å². The van der Waals surface area contributed by atoms with E-state index in [1.54, 1.807) is 0 Å². The summed E-state index contributed by atoms with van der Waals surface area (Å²) in [6, 6.07) is 5.02. The lowest BCUT2D eigenvalue weighted by Crippen LogP contribution is -2.45. The zero-order chi connectivity index (χ0) is 15.9. The number of anilines is 1. The monoisotopic (exact) mass is 308 g/mol. The second kappa shape index (κ2) is 7.89. The fourth-order valence-electron chi connectivity index (χ4n) is 2.75. The zero-order valence-electron chi connectivity index (χ0n) is 12.3. The van der Waals surface area contributed by atoms with Gasteiger partial charge in [0.05, 0.1) is 0 Å². The van der Waals surface area contributed by atoms with Gasteiger partial charge < -0.3 is 15.7 Å². The maximum absolute atomic E-state index is 12.8. The van der Waals surface area contributed by atoms with Crippen molar-refractivity contribution in [3.05, 3.63) is 30.1 Å². The summed E-state index contributed by atoms with van der Waals surface area (Å²) in [7, 11) is 0. The number of aliphatic hydroxyl groups excluding tert-OH is 1. The van der Waals surface area contributed by atoms with E-state index in [4.69, 9.17) is 0 Å². The topological polar surface area (TPSA) is 78.4 Å². The molecular weight excluding hydrogens is 287 g/mol. The summed E-state index contributed by atoms with van der Waals surface area (Å²) in [5.41, 5.74) is 0.362. The van der Waals surface area contributed by atoms with Gasteiger partial charge in [0.25, 0.3) is 0 Å². The second-order valence-electron chi connectivity index (χ2n) is 5.62. The highest BCUT2D eigenvalue weighted by Gasteiger charge is 2.26. The van der Waals surface area contributed by atoms with Gasteiger partial charge in [-0.1, -0.05) is 19.3 Å². The van der Waals surface area contributed by atoms with E-state index in [0.717, 1.165) is 32.1 Å². The van der Waals surface area contributed by atoms with E-state index in [1.165, 1.54) is 24.3 Å². The molecule has 1 aliphatic carbocycles. The quantitative estimate of drug-likeness (QED) is 0.589. The van der Waals surface area contributed by atoms with E-state index in [2.05, 4.69) is 10.6 Å². The van der Waals surface area contributed by atoms with E-state index in [0.29, 0.717) is 5.69 Å². The SMILES string of the molecule is O=C(Nc1ccc(F)cc1)C(=O)NC1CCCCCC1CO. The molecule has 6 heteroatoms. The van der Waals surface area contributed by atoms with Crippen LogP contribution < -0.4 is 10.6 Å². The van der Waals surface area contributed by atoms with E-state index < -0.39 is 17.6 Å². The number of amides is 2. The van der Waals surface area contributed by atoms with Gasteiger partial charge in [0, 0.05) is 24.3 Å². The molecule has 0 spiro atoms. The molecule has 0 radical (unpaired) electrons. The van der Waals surface area contributed by atoms with Gasteiger partial charge in [-0.05, 0) is 37.1 Å². The fourth-order valence-corrected chi connectivity index (χ4v) is 2.75. The highest BCUT2D eigenvalue weighted by Crippen LogP contribution is 2.23. The van der Waals surface area contributed by atoms with E-state index in [1.807, 2.05) is 0 Å². The van der Waals surface area contributed by atoms with Gasteiger partial charge in [0.1, 0.15) is 5.82 Å². The summed E-state index contributed by atoms with van der Waals surface area (Å²) in [5.74, 6) is -1.93. The first kappa shape index (κ1) is 16.4. The molecule has 1 fully saturated rings. The van der Waals surface area contributed by atoms with Crippen molar-refractivity contribution in [2.75, 3.05) is 11.9 Å². The molecule has 2 atom stereocenters. The lowest BCUT2D eigenvalue weighted by molar-refractivity contribution is -0.137. The Hall–Kier alpha value is -1.95. The Kier molecular flexibility index (Phi) is 5.89. The van der Waals surface area contributed by atoms with E-state index in [-0.39, 0.29) is 18.6 Å². The largest absolute Gasteiger partial charge is 0.396 e. The van der Waals surface area contributed by atoms with Gasteiger partial charge in [-0.25, -0.2) is 4.39 Å². The van der Waals surface area contributed by atoms with Crippen LogP contribution in [0.15, 0.2) is 24.3 Å². The molecule has 2 amide bonds. The van der Waals surface area contributed by atoms with Crippen molar-refractivity contribution in [1.29, 1.82) is 0 Å². The number of carbonyl (C=O) groups excluding carboxylic acids is 2. The first-order valence-corrected chi connectivity index (χ1v) is 7.58. The molecular formula is C16H21FN2O3.